The van der Waals surface area contributed by atoms with Gasteiger partial charge in [-0.15, -0.1) is 0 Å². The van der Waals surface area contributed by atoms with Gasteiger partial charge in [-0.3, -0.25) is 4.90 Å². The van der Waals surface area contributed by atoms with Gasteiger partial charge in [0.1, 0.15) is 11.6 Å². The van der Waals surface area contributed by atoms with Crippen molar-refractivity contribution in [1.29, 1.82) is 0 Å². The minimum Gasteiger partial charge on any atom is -0.497 e. The second kappa shape index (κ2) is 7.11. The quantitative estimate of drug-likeness (QED) is 0.837. The Morgan fingerprint density at radius 2 is 1.84 bits per heavy atom. The van der Waals surface area contributed by atoms with Crippen LogP contribution in [0.15, 0.2) is 53.4 Å². The maximum atomic E-state index is 13.1. The highest BCUT2D eigenvalue weighted by molar-refractivity contribution is 7.89. The van der Waals surface area contributed by atoms with Crippen molar-refractivity contribution in [3.8, 4) is 5.75 Å². The monoisotopic (exact) mass is 364 g/mol. The SMILES string of the molecule is COc1cccc(C2CN(S(=O)(=O)c3ccc(F)cc3)CCN2C)c1. The normalized spacial score (nSPS) is 19.7. The topological polar surface area (TPSA) is 49.9 Å². The predicted octanol–water partition coefficient (Wildman–Crippen LogP) is 2.51. The van der Waals surface area contributed by atoms with Gasteiger partial charge in [0.25, 0.3) is 0 Å². The fraction of sp³-hybridized carbons (Fsp3) is 0.333. The van der Waals surface area contributed by atoms with Gasteiger partial charge < -0.3 is 4.74 Å². The summed E-state index contributed by atoms with van der Waals surface area (Å²) in [5.74, 6) is 0.288. The van der Waals surface area contributed by atoms with E-state index < -0.39 is 15.8 Å². The van der Waals surface area contributed by atoms with Crippen LogP contribution in [-0.4, -0.2) is 51.4 Å². The molecule has 0 radical (unpaired) electrons. The van der Waals surface area contributed by atoms with Crippen molar-refractivity contribution in [1.82, 2.24) is 9.21 Å². The molecular weight excluding hydrogens is 343 g/mol. The third-order valence-corrected chi connectivity index (χ3v) is 6.42. The smallest absolute Gasteiger partial charge is 0.243 e. The Labute approximate surface area is 147 Å². The number of halogens is 1. The lowest BCUT2D eigenvalue weighted by Gasteiger charge is -2.39. The molecule has 1 saturated heterocycles. The summed E-state index contributed by atoms with van der Waals surface area (Å²) in [4.78, 5) is 2.24. The molecule has 1 aliphatic rings. The predicted molar refractivity (Wildman–Crippen MR) is 93.5 cm³/mol. The van der Waals surface area contributed by atoms with E-state index in [0.717, 1.165) is 11.3 Å². The van der Waals surface area contributed by atoms with Crippen LogP contribution in [0.5, 0.6) is 5.75 Å². The van der Waals surface area contributed by atoms with Gasteiger partial charge in [-0.1, -0.05) is 12.1 Å². The van der Waals surface area contributed by atoms with Crippen LogP contribution in [-0.2, 0) is 10.0 Å². The van der Waals surface area contributed by atoms with Crippen LogP contribution in [0, 0.1) is 5.82 Å². The first-order valence-electron chi connectivity index (χ1n) is 8.02. The molecule has 2 aromatic carbocycles. The lowest BCUT2D eigenvalue weighted by atomic mass is 10.0. The molecule has 0 bridgehead atoms. The van der Waals surface area contributed by atoms with E-state index in [9.17, 15) is 12.8 Å². The zero-order valence-electron chi connectivity index (χ0n) is 14.2. The number of hydrogen-bond acceptors (Lipinski definition) is 4. The van der Waals surface area contributed by atoms with Gasteiger partial charge in [0, 0.05) is 25.7 Å². The van der Waals surface area contributed by atoms with Crippen LogP contribution >= 0.6 is 0 Å². The average Bonchev–Trinajstić information content (AvgIpc) is 2.62. The summed E-state index contributed by atoms with van der Waals surface area (Å²) in [5, 5.41) is 0. The van der Waals surface area contributed by atoms with E-state index in [-0.39, 0.29) is 10.9 Å². The molecule has 0 aromatic heterocycles. The van der Waals surface area contributed by atoms with Gasteiger partial charge in [-0.05, 0) is 49.0 Å². The fourth-order valence-corrected chi connectivity index (χ4v) is 4.47. The second-order valence-electron chi connectivity index (χ2n) is 6.09. The summed E-state index contributed by atoms with van der Waals surface area (Å²) < 4.78 is 45.6. The minimum atomic E-state index is -3.65. The van der Waals surface area contributed by atoms with E-state index >= 15 is 0 Å². The van der Waals surface area contributed by atoms with E-state index in [2.05, 4.69) is 4.90 Å². The molecule has 0 spiro atoms. The Balaban J connectivity index is 1.88. The molecule has 0 amide bonds. The van der Waals surface area contributed by atoms with Gasteiger partial charge in [0.05, 0.1) is 12.0 Å². The number of sulfonamides is 1. The van der Waals surface area contributed by atoms with Crippen molar-refractivity contribution in [2.75, 3.05) is 33.8 Å². The molecule has 3 rings (SSSR count). The van der Waals surface area contributed by atoms with Crippen LogP contribution in [0.2, 0.25) is 0 Å². The number of nitrogens with zero attached hydrogens (tertiary/aromatic N) is 2. The highest BCUT2D eigenvalue weighted by Gasteiger charge is 2.33. The number of piperazine rings is 1. The Hall–Kier alpha value is -1.96. The molecule has 1 heterocycles. The van der Waals surface area contributed by atoms with Crippen LogP contribution in [0.4, 0.5) is 4.39 Å². The maximum Gasteiger partial charge on any atom is 0.243 e. The summed E-state index contributed by atoms with van der Waals surface area (Å²) in [6.45, 7) is 1.35. The van der Waals surface area contributed by atoms with Crippen molar-refractivity contribution >= 4 is 10.0 Å². The van der Waals surface area contributed by atoms with E-state index in [1.54, 1.807) is 7.11 Å². The molecule has 7 heteroatoms. The van der Waals surface area contributed by atoms with Crippen molar-refractivity contribution in [3.63, 3.8) is 0 Å². The van der Waals surface area contributed by atoms with Gasteiger partial charge >= 0.3 is 0 Å². The highest BCUT2D eigenvalue weighted by atomic mass is 32.2. The average molecular weight is 364 g/mol. The summed E-state index contributed by atoms with van der Waals surface area (Å²) in [7, 11) is -0.0658. The standard InChI is InChI=1S/C18H21FN2O3S/c1-20-10-11-21(25(22,23)17-8-6-15(19)7-9-17)13-18(20)14-4-3-5-16(12-14)24-2/h3-9,12,18H,10-11,13H2,1-2H3. The summed E-state index contributed by atoms with van der Waals surface area (Å²) in [6.07, 6.45) is 0. The summed E-state index contributed by atoms with van der Waals surface area (Å²) in [5.41, 5.74) is 1.00. The van der Waals surface area contributed by atoms with Crippen molar-refractivity contribution < 1.29 is 17.5 Å². The fourth-order valence-electron chi connectivity index (χ4n) is 3.03. The molecule has 0 N–H and O–H groups in total. The summed E-state index contributed by atoms with van der Waals surface area (Å²) >= 11 is 0. The Kier molecular flexibility index (Phi) is 5.08. The van der Waals surface area contributed by atoms with Crippen LogP contribution in [0.1, 0.15) is 11.6 Å². The van der Waals surface area contributed by atoms with Crippen molar-refractivity contribution in [2.24, 2.45) is 0 Å². The molecule has 1 aliphatic heterocycles. The molecule has 1 atom stereocenters. The van der Waals surface area contributed by atoms with Gasteiger partial charge in [-0.25, -0.2) is 12.8 Å². The van der Waals surface area contributed by atoms with E-state index in [0.29, 0.717) is 19.6 Å². The minimum absolute atomic E-state index is 0.0703. The van der Waals surface area contributed by atoms with E-state index in [1.165, 1.54) is 28.6 Å². The number of hydrogen-bond donors (Lipinski definition) is 0. The van der Waals surface area contributed by atoms with Crippen molar-refractivity contribution in [2.45, 2.75) is 10.9 Å². The Morgan fingerprint density at radius 3 is 2.52 bits per heavy atom. The molecule has 134 valence electrons. The number of likely N-dealkylation sites (N-methyl/N-ethyl adjacent to an activating group) is 1. The highest BCUT2D eigenvalue weighted by Crippen LogP contribution is 2.29. The van der Waals surface area contributed by atoms with Crippen LogP contribution in [0.25, 0.3) is 0 Å². The number of rotatable bonds is 4. The number of methoxy groups -OCH3 is 1. The number of ether oxygens (including phenoxy) is 1. The van der Waals surface area contributed by atoms with Crippen LogP contribution < -0.4 is 4.74 Å². The van der Waals surface area contributed by atoms with Crippen LogP contribution in [0.3, 0.4) is 0 Å². The lowest BCUT2D eigenvalue weighted by Crippen LogP contribution is -2.48. The lowest BCUT2D eigenvalue weighted by molar-refractivity contribution is 0.148. The van der Waals surface area contributed by atoms with Gasteiger partial charge in [0.2, 0.25) is 10.0 Å². The van der Waals surface area contributed by atoms with Gasteiger partial charge in [-0.2, -0.15) is 4.31 Å². The molecular formula is C18H21FN2O3S. The third kappa shape index (κ3) is 3.68. The second-order valence-corrected chi connectivity index (χ2v) is 8.03. The zero-order valence-corrected chi connectivity index (χ0v) is 15.0. The molecule has 1 unspecified atom stereocenters. The molecule has 0 saturated carbocycles. The molecule has 0 aliphatic carbocycles. The first kappa shape index (κ1) is 17.8. The van der Waals surface area contributed by atoms with Crippen molar-refractivity contribution in [3.05, 3.63) is 59.9 Å². The first-order valence-corrected chi connectivity index (χ1v) is 9.46. The van der Waals surface area contributed by atoms with Gasteiger partial charge in [0.15, 0.2) is 0 Å². The maximum absolute atomic E-state index is 13.1. The largest absolute Gasteiger partial charge is 0.497 e. The number of benzene rings is 2. The Morgan fingerprint density at radius 1 is 1.12 bits per heavy atom. The third-order valence-electron chi connectivity index (χ3n) is 4.54. The summed E-state index contributed by atoms with van der Waals surface area (Å²) in [6, 6.07) is 12.5. The van der Waals surface area contributed by atoms with E-state index in [1.807, 2.05) is 31.3 Å². The first-order chi connectivity index (χ1) is 11.9. The molecule has 25 heavy (non-hydrogen) atoms. The molecule has 5 nitrogen and oxygen atoms in total. The molecule has 2 aromatic rings. The zero-order chi connectivity index (χ0) is 18.0. The Bertz CT molecular complexity index is 840. The van der Waals surface area contributed by atoms with E-state index in [4.69, 9.17) is 4.74 Å². The molecule has 1 fully saturated rings.